The molecule has 0 radical (unpaired) electrons. The number of aromatic nitrogens is 3. The van der Waals surface area contributed by atoms with Gasteiger partial charge in [-0.3, -0.25) is 24.9 Å². The third kappa shape index (κ3) is 3.67. The van der Waals surface area contributed by atoms with Crippen LogP contribution in [0, 0.1) is 30.9 Å². The highest BCUT2D eigenvalue weighted by Crippen LogP contribution is 2.28. The number of fused-ring (bicyclic) bond motifs is 1. The van der Waals surface area contributed by atoms with E-state index in [0.29, 0.717) is 28.6 Å². The van der Waals surface area contributed by atoms with E-state index in [9.17, 15) is 14.9 Å². The zero-order valence-electron chi connectivity index (χ0n) is 16.7. The molecule has 0 atom stereocenters. The number of hydrogen-bond acceptors (Lipinski definition) is 6. The number of anilines is 1. The number of para-hydroxylation sites is 1. The van der Waals surface area contributed by atoms with Gasteiger partial charge < -0.3 is 0 Å². The molecule has 0 unspecified atom stereocenters. The molecule has 2 heterocycles. The van der Waals surface area contributed by atoms with Crippen LogP contribution in [0.15, 0.2) is 42.5 Å². The number of benzene rings is 2. The molecule has 9 heteroatoms. The number of nitrogens with one attached hydrogen (secondary N) is 1. The fourth-order valence-corrected chi connectivity index (χ4v) is 4.29. The van der Waals surface area contributed by atoms with Gasteiger partial charge in [-0.15, -0.1) is 0 Å². The van der Waals surface area contributed by atoms with Crippen LogP contribution in [0.4, 0.5) is 10.8 Å². The first-order valence-electron chi connectivity index (χ1n) is 9.28. The zero-order valence-corrected chi connectivity index (χ0v) is 17.5. The van der Waals surface area contributed by atoms with Crippen LogP contribution in [0.3, 0.4) is 0 Å². The van der Waals surface area contributed by atoms with Crippen molar-refractivity contribution in [2.24, 2.45) is 0 Å². The molecule has 4 aromatic rings. The van der Waals surface area contributed by atoms with Crippen molar-refractivity contribution >= 4 is 38.3 Å². The van der Waals surface area contributed by atoms with E-state index in [-0.39, 0.29) is 11.6 Å². The summed E-state index contributed by atoms with van der Waals surface area (Å²) in [5, 5.41) is 18.8. The van der Waals surface area contributed by atoms with Crippen LogP contribution in [0.5, 0.6) is 0 Å². The van der Waals surface area contributed by atoms with Crippen molar-refractivity contribution in [3.8, 4) is 0 Å². The van der Waals surface area contributed by atoms with Gasteiger partial charge >= 0.3 is 5.69 Å². The fraction of sp³-hybridized carbons (Fsp3) is 0.190. The number of aryl methyl sites for hydroxylation is 2. The Labute approximate surface area is 176 Å². The predicted octanol–water partition coefficient (Wildman–Crippen LogP) is 4.63. The van der Waals surface area contributed by atoms with Gasteiger partial charge in [0.05, 0.1) is 21.7 Å². The average molecular weight is 421 g/mol. The summed E-state index contributed by atoms with van der Waals surface area (Å²) in [6.45, 7) is 5.68. The maximum absolute atomic E-state index is 12.6. The lowest BCUT2D eigenvalue weighted by Gasteiger charge is -2.06. The Morgan fingerprint density at radius 1 is 1.17 bits per heavy atom. The van der Waals surface area contributed by atoms with Crippen LogP contribution in [0.2, 0.25) is 0 Å². The van der Waals surface area contributed by atoms with Crippen molar-refractivity contribution < 1.29 is 9.72 Å². The number of carbonyl (C=O) groups is 1. The Balaban J connectivity index is 1.49. The number of thiazole rings is 1. The average Bonchev–Trinajstić information content (AvgIpc) is 3.23. The van der Waals surface area contributed by atoms with E-state index < -0.39 is 4.92 Å². The third-order valence-corrected chi connectivity index (χ3v) is 5.85. The fourth-order valence-electron chi connectivity index (χ4n) is 3.35. The molecule has 2 aromatic carbocycles. The minimum Gasteiger partial charge on any atom is -0.298 e. The van der Waals surface area contributed by atoms with E-state index in [1.807, 2.05) is 37.3 Å². The van der Waals surface area contributed by atoms with Crippen molar-refractivity contribution in [3.05, 3.63) is 80.7 Å². The van der Waals surface area contributed by atoms with E-state index >= 15 is 0 Å². The SMILES string of the molecule is Cc1nn(Cc2ccc(C(=O)Nc3nc4c(C)cccc4s3)cc2)c(C)c1[N+](=O)[O-]. The van der Waals surface area contributed by atoms with Crippen LogP contribution in [-0.2, 0) is 6.54 Å². The summed E-state index contributed by atoms with van der Waals surface area (Å²) < 4.78 is 2.63. The van der Waals surface area contributed by atoms with E-state index in [1.54, 1.807) is 30.7 Å². The van der Waals surface area contributed by atoms with Crippen molar-refractivity contribution in [1.29, 1.82) is 0 Å². The Morgan fingerprint density at radius 2 is 1.90 bits per heavy atom. The first-order chi connectivity index (χ1) is 14.3. The third-order valence-electron chi connectivity index (χ3n) is 4.92. The Kier molecular flexibility index (Phi) is 5.04. The van der Waals surface area contributed by atoms with Crippen LogP contribution in [0.1, 0.15) is 32.9 Å². The number of nitrogens with zero attached hydrogens (tertiary/aromatic N) is 4. The molecule has 30 heavy (non-hydrogen) atoms. The molecule has 4 rings (SSSR count). The lowest BCUT2D eigenvalue weighted by Crippen LogP contribution is -2.12. The minimum atomic E-state index is -0.412. The molecule has 8 nitrogen and oxygen atoms in total. The lowest BCUT2D eigenvalue weighted by atomic mass is 10.1. The van der Waals surface area contributed by atoms with E-state index in [1.165, 1.54) is 11.3 Å². The lowest BCUT2D eigenvalue weighted by molar-refractivity contribution is -0.386. The molecule has 0 aliphatic rings. The molecule has 2 aromatic heterocycles. The topological polar surface area (TPSA) is 103 Å². The second kappa shape index (κ2) is 7.68. The number of rotatable bonds is 5. The molecule has 1 N–H and O–H groups in total. The van der Waals surface area contributed by atoms with Crippen molar-refractivity contribution in [2.75, 3.05) is 5.32 Å². The van der Waals surface area contributed by atoms with Gasteiger partial charge in [-0.2, -0.15) is 5.10 Å². The minimum absolute atomic E-state index is 0.0390. The highest BCUT2D eigenvalue weighted by Gasteiger charge is 2.21. The van der Waals surface area contributed by atoms with Crippen molar-refractivity contribution in [3.63, 3.8) is 0 Å². The summed E-state index contributed by atoms with van der Waals surface area (Å²) in [5.74, 6) is -0.236. The van der Waals surface area contributed by atoms with E-state index in [2.05, 4.69) is 15.4 Å². The summed E-state index contributed by atoms with van der Waals surface area (Å²) in [7, 11) is 0. The molecular weight excluding hydrogens is 402 g/mol. The highest BCUT2D eigenvalue weighted by molar-refractivity contribution is 7.22. The molecule has 0 saturated carbocycles. The first-order valence-corrected chi connectivity index (χ1v) is 10.1. The van der Waals surface area contributed by atoms with Crippen molar-refractivity contribution in [1.82, 2.24) is 14.8 Å². The largest absolute Gasteiger partial charge is 0.312 e. The summed E-state index contributed by atoms with van der Waals surface area (Å²) >= 11 is 1.44. The maximum atomic E-state index is 12.6. The van der Waals surface area contributed by atoms with Gasteiger partial charge in [0, 0.05) is 5.56 Å². The monoisotopic (exact) mass is 421 g/mol. The Bertz CT molecular complexity index is 1270. The standard InChI is InChI=1S/C21H19N5O3S/c1-12-5-4-6-17-18(12)22-21(30-17)23-20(27)16-9-7-15(8-10-16)11-25-14(3)19(26(28)29)13(2)24-25/h4-10H,11H2,1-3H3,(H,22,23,27). The number of carbonyl (C=O) groups excluding carboxylic acids is 1. The highest BCUT2D eigenvalue weighted by atomic mass is 32.1. The van der Waals surface area contributed by atoms with E-state index in [0.717, 1.165) is 21.3 Å². The predicted molar refractivity (Wildman–Crippen MR) is 116 cm³/mol. The Hall–Kier alpha value is -3.59. The summed E-state index contributed by atoms with van der Waals surface area (Å²) in [5.41, 5.74) is 4.30. The molecule has 0 bridgehead atoms. The molecule has 0 saturated heterocycles. The van der Waals surface area contributed by atoms with E-state index in [4.69, 9.17) is 0 Å². The van der Waals surface area contributed by atoms with Gasteiger partial charge in [-0.25, -0.2) is 4.98 Å². The maximum Gasteiger partial charge on any atom is 0.312 e. The van der Waals surface area contributed by atoms with Crippen LogP contribution >= 0.6 is 11.3 Å². The molecule has 0 spiro atoms. The van der Waals surface area contributed by atoms with Crippen LogP contribution < -0.4 is 5.32 Å². The van der Waals surface area contributed by atoms with Gasteiger partial charge in [-0.05, 0) is 50.1 Å². The van der Waals surface area contributed by atoms with Gasteiger partial charge in [-0.1, -0.05) is 35.6 Å². The second-order valence-corrected chi connectivity index (χ2v) is 8.06. The first kappa shape index (κ1) is 19.7. The molecule has 0 aliphatic heterocycles. The number of nitro groups is 1. The summed E-state index contributed by atoms with van der Waals surface area (Å²) in [6, 6.07) is 13.0. The van der Waals surface area contributed by atoms with Gasteiger partial charge in [0.15, 0.2) is 5.13 Å². The number of amides is 1. The number of hydrogen-bond donors (Lipinski definition) is 1. The molecule has 0 aliphatic carbocycles. The van der Waals surface area contributed by atoms with Crippen LogP contribution in [0.25, 0.3) is 10.2 Å². The van der Waals surface area contributed by atoms with Gasteiger partial charge in [0.1, 0.15) is 11.4 Å². The van der Waals surface area contributed by atoms with Crippen molar-refractivity contribution in [2.45, 2.75) is 27.3 Å². The molecule has 0 fully saturated rings. The van der Waals surface area contributed by atoms with Gasteiger partial charge in [0.2, 0.25) is 0 Å². The quantitative estimate of drug-likeness (QED) is 0.374. The normalized spacial score (nSPS) is 11.0. The molecular formula is C21H19N5O3S. The summed E-state index contributed by atoms with van der Waals surface area (Å²) in [4.78, 5) is 27.8. The zero-order chi connectivity index (χ0) is 21.4. The smallest absolute Gasteiger partial charge is 0.298 e. The Morgan fingerprint density at radius 3 is 2.53 bits per heavy atom. The molecule has 152 valence electrons. The molecule has 1 amide bonds. The van der Waals surface area contributed by atoms with Crippen LogP contribution in [-0.4, -0.2) is 25.6 Å². The second-order valence-electron chi connectivity index (χ2n) is 7.03. The van der Waals surface area contributed by atoms with Gasteiger partial charge in [0.25, 0.3) is 5.91 Å². The summed E-state index contributed by atoms with van der Waals surface area (Å²) in [6.07, 6.45) is 0.